The van der Waals surface area contributed by atoms with E-state index >= 15 is 0 Å². The Labute approximate surface area is 147 Å². The van der Waals surface area contributed by atoms with Crippen LogP contribution in [0.4, 0.5) is 5.95 Å². The standard InChI is InChI=1S/C12H16N4O6.C2H4O2/c1-6(17)20-4-9-8(21-7(2)18)3-10(22-9)16-5-14-11(13)15-12(16)19;1-2(3)4/h5,8-10H,3-4H2,1-2H3,(H2,13,15,19);1H3,(H,3,4). The van der Waals surface area contributed by atoms with Gasteiger partial charge in [-0.15, -0.1) is 0 Å². The van der Waals surface area contributed by atoms with E-state index in [1.807, 2.05) is 0 Å². The van der Waals surface area contributed by atoms with Crippen molar-refractivity contribution >= 4 is 23.9 Å². The second-order valence-corrected chi connectivity index (χ2v) is 5.24. The fraction of sp³-hybridized carbons (Fsp3) is 0.571. The highest BCUT2D eigenvalue weighted by Crippen LogP contribution is 2.30. The number of aromatic nitrogens is 3. The molecule has 0 aliphatic carbocycles. The summed E-state index contributed by atoms with van der Waals surface area (Å²) in [5, 5.41) is 7.42. The van der Waals surface area contributed by atoms with Gasteiger partial charge in [0.05, 0.1) is 0 Å². The minimum absolute atomic E-state index is 0.0889. The molecule has 1 aromatic heterocycles. The Morgan fingerprint density at radius 2 is 1.96 bits per heavy atom. The van der Waals surface area contributed by atoms with Gasteiger partial charge < -0.3 is 25.1 Å². The lowest BCUT2D eigenvalue weighted by molar-refractivity contribution is -0.155. The van der Waals surface area contributed by atoms with Crippen molar-refractivity contribution in [1.82, 2.24) is 14.5 Å². The minimum Gasteiger partial charge on any atom is -0.481 e. The Hall–Kier alpha value is -3.02. The zero-order chi connectivity index (χ0) is 19.9. The number of anilines is 1. The van der Waals surface area contributed by atoms with Gasteiger partial charge in [-0.1, -0.05) is 0 Å². The SMILES string of the molecule is CC(=O)O.CC(=O)OCC1OC(n2cnc(N)nc2=O)CC1OC(C)=O. The van der Waals surface area contributed by atoms with Gasteiger partial charge in [0.25, 0.3) is 5.97 Å². The predicted octanol–water partition coefficient (Wildman–Crippen LogP) is -0.906. The Bertz CT molecular complexity index is 715. The molecule has 1 fully saturated rings. The number of nitrogens with zero attached hydrogens (tertiary/aromatic N) is 3. The third-order valence-corrected chi connectivity index (χ3v) is 3.00. The summed E-state index contributed by atoms with van der Waals surface area (Å²) < 4.78 is 16.8. The number of carbonyl (C=O) groups is 3. The van der Waals surface area contributed by atoms with E-state index < -0.39 is 42.0 Å². The lowest BCUT2D eigenvalue weighted by atomic mass is 10.2. The van der Waals surface area contributed by atoms with Crippen LogP contribution in [0.5, 0.6) is 0 Å². The van der Waals surface area contributed by atoms with Crippen LogP contribution in [0.1, 0.15) is 33.4 Å². The summed E-state index contributed by atoms with van der Waals surface area (Å²) >= 11 is 0. The molecule has 0 bridgehead atoms. The second-order valence-electron chi connectivity index (χ2n) is 5.24. The van der Waals surface area contributed by atoms with Crippen molar-refractivity contribution in [1.29, 1.82) is 0 Å². The highest BCUT2D eigenvalue weighted by molar-refractivity contribution is 5.66. The monoisotopic (exact) mass is 372 g/mol. The summed E-state index contributed by atoms with van der Waals surface area (Å²) in [5.41, 5.74) is 4.69. The number of carboxylic acid groups (broad SMARTS) is 1. The van der Waals surface area contributed by atoms with Crippen LogP contribution in [0, 0.1) is 0 Å². The number of ether oxygens (including phenoxy) is 3. The summed E-state index contributed by atoms with van der Waals surface area (Å²) in [6.07, 6.45) is -0.654. The van der Waals surface area contributed by atoms with Gasteiger partial charge in [-0.25, -0.2) is 9.78 Å². The first-order valence-corrected chi connectivity index (χ1v) is 7.46. The molecule has 3 unspecified atom stereocenters. The third kappa shape index (κ3) is 6.84. The second kappa shape index (κ2) is 9.46. The fourth-order valence-electron chi connectivity index (χ4n) is 2.11. The molecule has 12 heteroatoms. The van der Waals surface area contributed by atoms with Gasteiger partial charge in [-0.3, -0.25) is 19.0 Å². The minimum atomic E-state index is -0.833. The molecule has 1 saturated heterocycles. The molecule has 2 rings (SSSR count). The first-order chi connectivity index (χ1) is 12.1. The van der Waals surface area contributed by atoms with E-state index in [9.17, 15) is 14.4 Å². The molecular formula is C14H20N4O8. The molecule has 0 aromatic carbocycles. The van der Waals surface area contributed by atoms with Crippen molar-refractivity contribution in [2.24, 2.45) is 0 Å². The number of carbonyl (C=O) groups excluding carboxylic acids is 2. The van der Waals surface area contributed by atoms with Crippen LogP contribution < -0.4 is 11.4 Å². The lowest BCUT2D eigenvalue weighted by Crippen LogP contribution is -2.31. The van der Waals surface area contributed by atoms with Crippen molar-refractivity contribution < 1.29 is 33.7 Å². The van der Waals surface area contributed by atoms with E-state index in [1.165, 1.54) is 20.2 Å². The number of esters is 2. The Balaban J connectivity index is 0.000000765. The smallest absolute Gasteiger partial charge is 0.354 e. The highest BCUT2D eigenvalue weighted by atomic mass is 16.6. The average molecular weight is 372 g/mol. The van der Waals surface area contributed by atoms with Crippen molar-refractivity contribution in [3.8, 4) is 0 Å². The molecule has 3 atom stereocenters. The number of nitrogens with two attached hydrogens (primary N) is 1. The number of nitrogen functional groups attached to an aromatic ring is 1. The summed E-state index contributed by atoms with van der Waals surface area (Å²) in [6, 6.07) is 0. The van der Waals surface area contributed by atoms with Gasteiger partial charge in [0.1, 0.15) is 31.4 Å². The fourth-order valence-corrected chi connectivity index (χ4v) is 2.11. The molecule has 0 amide bonds. The predicted molar refractivity (Wildman–Crippen MR) is 84.7 cm³/mol. The van der Waals surface area contributed by atoms with Crippen LogP contribution in [0.25, 0.3) is 0 Å². The first kappa shape index (κ1) is 21.0. The summed E-state index contributed by atoms with van der Waals surface area (Å²) in [7, 11) is 0. The molecule has 1 aliphatic heterocycles. The largest absolute Gasteiger partial charge is 0.481 e. The molecule has 26 heavy (non-hydrogen) atoms. The first-order valence-electron chi connectivity index (χ1n) is 7.46. The van der Waals surface area contributed by atoms with Gasteiger partial charge in [0, 0.05) is 27.2 Å². The third-order valence-electron chi connectivity index (χ3n) is 3.00. The van der Waals surface area contributed by atoms with Gasteiger partial charge in [0.2, 0.25) is 5.95 Å². The normalized spacial score (nSPS) is 21.3. The lowest BCUT2D eigenvalue weighted by Gasteiger charge is -2.17. The van der Waals surface area contributed by atoms with Crippen molar-refractivity contribution in [3.05, 3.63) is 16.8 Å². The summed E-state index contributed by atoms with van der Waals surface area (Å²) in [4.78, 5) is 50.1. The molecule has 0 spiro atoms. The van der Waals surface area contributed by atoms with E-state index in [-0.39, 0.29) is 19.0 Å². The van der Waals surface area contributed by atoms with Gasteiger partial charge >= 0.3 is 17.6 Å². The molecule has 1 aromatic rings. The molecular weight excluding hydrogens is 352 g/mol. The van der Waals surface area contributed by atoms with E-state index in [0.717, 1.165) is 11.5 Å². The summed E-state index contributed by atoms with van der Waals surface area (Å²) in [5.74, 6) is -1.96. The molecule has 0 saturated carbocycles. The highest BCUT2D eigenvalue weighted by Gasteiger charge is 2.39. The molecule has 2 heterocycles. The Kier molecular flexibility index (Phi) is 7.65. The van der Waals surface area contributed by atoms with Gasteiger partial charge in [-0.2, -0.15) is 4.98 Å². The molecule has 1 aliphatic rings. The molecule has 0 radical (unpaired) electrons. The van der Waals surface area contributed by atoms with Crippen LogP contribution in [0.15, 0.2) is 11.1 Å². The number of carboxylic acids is 1. The summed E-state index contributed by atoms with van der Waals surface area (Å²) in [6.45, 7) is 3.51. The van der Waals surface area contributed by atoms with Crippen LogP contribution in [-0.2, 0) is 28.6 Å². The number of rotatable bonds is 4. The van der Waals surface area contributed by atoms with Crippen LogP contribution in [0.3, 0.4) is 0 Å². The van der Waals surface area contributed by atoms with E-state index in [2.05, 4.69) is 9.97 Å². The van der Waals surface area contributed by atoms with E-state index in [4.69, 9.17) is 29.8 Å². The quantitative estimate of drug-likeness (QED) is 0.626. The van der Waals surface area contributed by atoms with Crippen LogP contribution >= 0.6 is 0 Å². The van der Waals surface area contributed by atoms with Crippen LogP contribution in [-0.4, -0.2) is 56.4 Å². The van der Waals surface area contributed by atoms with E-state index in [0.29, 0.717) is 0 Å². The molecule has 3 N–H and O–H groups in total. The number of hydrogen-bond donors (Lipinski definition) is 2. The number of aliphatic carboxylic acids is 1. The number of hydrogen-bond acceptors (Lipinski definition) is 10. The Morgan fingerprint density at radius 3 is 2.46 bits per heavy atom. The zero-order valence-electron chi connectivity index (χ0n) is 14.4. The maximum Gasteiger partial charge on any atom is 0.354 e. The molecule has 144 valence electrons. The Morgan fingerprint density at radius 1 is 1.35 bits per heavy atom. The van der Waals surface area contributed by atoms with Crippen LogP contribution in [0.2, 0.25) is 0 Å². The van der Waals surface area contributed by atoms with Crippen molar-refractivity contribution in [3.63, 3.8) is 0 Å². The van der Waals surface area contributed by atoms with Gasteiger partial charge in [0.15, 0.2) is 0 Å². The van der Waals surface area contributed by atoms with Gasteiger partial charge in [-0.05, 0) is 0 Å². The molecule has 12 nitrogen and oxygen atoms in total. The maximum absolute atomic E-state index is 11.8. The van der Waals surface area contributed by atoms with Crippen molar-refractivity contribution in [2.45, 2.75) is 45.6 Å². The topological polar surface area (TPSA) is 173 Å². The maximum atomic E-state index is 11.8. The zero-order valence-corrected chi connectivity index (χ0v) is 14.4. The van der Waals surface area contributed by atoms with E-state index in [1.54, 1.807) is 0 Å². The average Bonchev–Trinajstić information content (AvgIpc) is 2.86. The van der Waals surface area contributed by atoms with Crippen molar-refractivity contribution in [2.75, 3.05) is 12.3 Å².